The monoisotopic (exact) mass is 693 g/mol. The second-order valence-electron chi connectivity index (χ2n) is 11.9. The maximum atomic E-state index is 13.0. The van der Waals surface area contributed by atoms with E-state index in [0.717, 1.165) is 5.56 Å². The molecule has 46 heavy (non-hydrogen) atoms. The van der Waals surface area contributed by atoms with Crippen molar-refractivity contribution in [2.75, 3.05) is 13.6 Å². The van der Waals surface area contributed by atoms with Gasteiger partial charge in [-0.15, -0.1) is 0 Å². The molecule has 0 bridgehead atoms. The maximum Gasteiger partial charge on any atom is 0.511 e. The van der Waals surface area contributed by atoms with E-state index in [0.29, 0.717) is 16.5 Å². The Morgan fingerprint density at radius 1 is 0.826 bits per heavy atom. The van der Waals surface area contributed by atoms with Gasteiger partial charge in [-0.2, -0.15) is 0 Å². The van der Waals surface area contributed by atoms with Crippen molar-refractivity contribution in [2.45, 2.75) is 85.4 Å². The Bertz CT molecular complexity index is 1230. The number of nitrogens with two attached hydrogens (primary N) is 1. The number of ether oxygens (including phenoxy) is 8. The molecule has 14 nitrogen and oxygen atoms in total. The summed E-state index contributed by atoms with van der Waals surface area (Å²) >= 11 is 12.0. The fourth-order valence-electron chi connectivity index (χ4n) is 4.72. The minimum Gasteiger partial charge on any atom is -0.444 e. The average molecular weight is 695 g/mol. The number of carbonyl (C=O) groups excluding carboxylic acids is 5. The Morgan fingerprint density at radius 2 is 1.35 bits per heavy atom. The summed E-state index contributed by atoms with van der Waals surface area (Å²) in [6, 6.07) is 5.04. The average Bonchev–Trinajstić information content (AvgIpc) is 3.47. The molecule has 258 valence electrons. The van der Waals surface area contributed by atoms with E-state index in [1.165, 1.54) is 0 Å². The fraction of sp³-hybridized carbons (Fsp3) is 0.633. The topological polar surface area (TPSA) is 185 Å². The maximum absolute atomic E-state index is 13.0. The molecule has 5 atom stereocenters. The van der Waals surface area contributed by atoms with Gasteiger partial charge in [-0.05, 0) is 84.4 Å². The summed E-state index contributed by atoms with van der Waals surface area (Å²) in [6.07, 6.45) is -3.64. The van der Waals surface area contributed by atoms with Crippen LogP contribution in [0, 0.1) is 23.7 Å². The normalized spacial score (nSPS) is 21.2. The van der Waals surface area contributed by atoms with Crippen molar-refractivity contribution in [2.24, 2.45) is 29.4 Å². The Labute approximate surface area is 277 Å². The zero-order valence-corrected chi connectivity index (χ0v) is 28.3. The van der Waals surface area contributed by atoms with Gasteiger partial charge in [0, 0.05) is 0 Å². The Hall–Kier alpha value is -3.49. The third-order valence-electron chi connectivity index (χ3n) is 6.37. The third kappa shape index (κ3) is 13.1. The first kappa shape index (κ1) is 38.7. The molecule has 0 aromatic heterocycles. The molecular formula is C30H41Cl2NO13. The first-order valence-electron chi connectivity index (χ1n) is 14.4. The number of fused-ring (bicyclic) bond motifs is 1. The molecule has 0 radical (unpaired) electrons. The molecule has 1 amide bonds. The van der Waals surface area contributed by atoms with Crippen molar-refractivity contribution in [1.82, 2.24) is 0 Å². The minimum absolute atomic E-state index is 0.142. The van der Waals surface area contributed by atoms with Crippen molar-refractivity contribution in [1.29, 1.82) is 0 Å². The fourth-order valence-corrected chi connectivity index (χ4v) is 5.04. The predicted octanol–water partition coefficient (Wildman–Crippen LogP) is 5.77. The first-order chi connectivity index (χ1) is 21.4. The highest BCUT2D eigenvalue weighted by atomic mass is 35.5. The lowest BCUT2D eigenvalue weighted by Crippen LogP contribution is -2.34. The van der Waals surface area contributed by atoms with Crippen LogP contribution < -0.4 is 5.73 Å². The largest absolute Gasteiger partial charge is 0.511 e. The summed E-state index contributed by atoms with van der Waals surface area (Å²) in [5.41, 5.74) is 5.01. The number of hydrogen-bond acceptors (Lipinski definition) is 13. The van der Waals surface area contributed by atoms with Gasteiger partial charge in [-0.3, -0.25) is 9.59 Å². The molecule has 16 heteroatoms. The quantitative estimate of drug-likeness (QED) is 0.167. The number of rotatable bonds is 11. The van der Waals surface area contributed by atoms with Crippen LogP contribution in [0.3, 0.4) is 0 Å². The SMILES string of the molecule is CC(C)(C)OC(N)=O.CC(C)OC(=O)OCOC(=O)C1C(OCc2ccc(Cl)c(Cl)c2)CC2C(C(=O)OCOC(=O)OC(C)C)C21. The minimum atomic E-state index is -0.978. The van der Waals surface area contributed by atoms with Crippen LogP contribution in [-0.4, -0.2) is 67.8 Å². The zero-order chi connectivity index (χ0) is 34.8. The molecule has 0 spiro atoms. The van der Waals surface area contributed by atoms with Gasteiger partial charge >= 0.3 is 30.3 Å². The molecule has 2 fully saturated rings. The van der Waals surface area contributed by atoms with E-state index in [1.807, 2.05) is 0 Å². The predicted molar refractivity (Wildman–Crippen MR) is 161 cm³/mol. The summed E-state index contributed by atoms with van der Waals surface area (Å²) in [7, 11) is 0. The summed E-state index contributed by atoms with van der Waals surface area (Å²) < 4.78 is 39.9. The number of amides is 1. The number of primary amides is 1. The second-order valence-corrected chi connectivity index (χ2v) is 12.8. The molecule has 0 saturated heterocycles. The van der Waals surface area contributed by atoms with E-state index in [2.05, 4.69) is 4.74 Å². The van der Waals surface area contributed by atoms with Crippen LogP contribution >= 0.6 is 23.2 Å². The highest BCUT2D eigenvalue weighted by Gasteiger charge is 2.68. The molecule has 2 aliphatic carbocycles. The van der Waals surface area contributed by atoms with E-state index in [1.54, 1.807) is 66.7 Å². The Morgan fingerprint density at radius 3 is 1.78 bits per heavy atom. The van der Waals surface area contributed by atoms with Crippen molar-refractivity contribution in [3.05, 3.63) is 33.8 Å². The van der Waals surface area contributed by atoms with Crippen LogP contribution in [0.5, 0.6) is 0 Å². The van der Waals surface area contributed by atoms with Gasteiger partial charge in [0.1, 0.15) is 5.60 Å². The van der Waals surface area contributed by atoms with Gasteiger partial charge in [0.2, 0.25) is 13.6 Å². The van der Waals surface area contributed by atoms with E-state index in [4.69, 9.17) is 62.1 Å². The second kappa shape index (κ2) is 17.4. The van der Waals surface area contributed by atoms with Gasteiger partial charge < -0.3 is 43.6 Å². The number of halogens is 2. The lowest BCUT2D eigenvalue weighted by atomic mass is 9.97. The lowest BCUT2D eigenvalue weighted by Gasteiger charge is -2.23. The standard InChI is InChI=1S/C25H30Cl2O11.C5H11NO2/c1-12(2)37-24(30)35-10-33-22(28)20-15-8-18(32-9-14-5-6-16(26)17(27)7-14)21(19(15)20)23(29)34-11-36-25(31)38-13(3)4;1-5(2,3)8-4(6)7/h5-7,12-13,15,18-21H,8-11H2,1-4H3;1-3H3,(H2,6,7). The van der Waals surface area contributed by atoms with Gasteiger partial charge in [0.15, 0.2) is 0 Å². The van der Waals surface area contributed by atoms with Gasteiger partial charge in [0.05, 0.1) is 46.8 Å². The number of hydrogen-bond donors (Lipinski definition) is 1. The molecule has 1 aromatic carbocycles. The van der Waals surface area contributed by atoms with Gasteiger partial charge in [0.25, 0.3) is 0 Å². The molecule has 3 rings (SSSR count). The summed E-state index contributed by atoms with van der Waals surface area (Å²) in [5.74, 6) is -3.35. The van der Waals surface area contributed by atoms with E-state index in [9.17, 15) is 24.0 Å². The van der Waals surface area contributed by atoms with Crippen molar-refractivity contribution < 1.29 is 61.9 Å². The number of esters is 2. The van der Waals surface area contributed by atoms with Crippen LogP contribution in [0.15, 0.2) is 18.2 Å². The van der Waals surface area contributed by atoms with Crippen LogP contribution in [0.2, 0.25) is 10.0 Å². The Balaban J connectivity index is 0.000000812. The van der Waals surface area contributed by atoms with Crippen LogP contribution in [0.1, 0.15) is 60.5 Å². The van der Waals surface area contributed by atoms with E-state index < -0.39 is 79.5 Å². The number of benzene rings is 1. The van der Waals surface area contributed by atoms with Crippen LogP contribution in [0.25, 0.3) is 0 Å². The van der Waals surface area contributed by atoms with Crippen LogP contribution in [0.4, 0.5) is 14.4 Å². The third-order valence-corrected chi connectivity index (χ3v) is 7.11. The molecular weight excluding hydrogens is 653 g/mol. The molecule has 0 heterocycles. The van der Waals surface area contributed by atoms with Crippen molar-refractivity contribution >= 4 is 53.5 Å². The van der Waals surface area contributed by atoms with Crippen molar-refractivity contribution in [3.63, 3.8) is 0 Å². The van der Waals surface area contributed by atoms with Crippen molar-refractivity contribution in [3.8, 4) is 0 Å². The Kier molecular flexibility index (Phi) is 14.7. The zero-order valence-electron chi connectivity index (χ0n) is 26.7. The smallest absolute Gasteiger partial charge is 0.444 e. The highest BCUT2D eigenvalue weighted by Crippen LogP contribution is 2.62. The molecule has 2 N–H and O–H groups in total. The molecule has 5 unspecified atom stereocenters. The lowest BCUT2D eigenvalue weighted by molar-refractivity contribution is -0.166. The van der Waals surface area contributed by atoms with Gasteiger partial charge in [-0.25, -0.2) is 14.4 Å². The summed E-state index contributed by atoms with van der Waals surface area (Å²) in [5, 5.41) is 0.767. The molecule has 2 aliphatic rings. The molecule has 1 aromatic rings. The van der Waals surface area contributed by atoms with E-state index in [-0.39, 0.29) is 18.6 Å². The summed E-state index contributed by atoms with van der Waals surface area (Å²) in [6.45, 7) is 10.7. The number of carbonyl (C=O) groups is 5. The van der Waals surface area contributed by atoms with Crippen LogP contribution in [-0.2, 0) is 54.1 Å². The summed E-state index contributed by atoms with van der Waals surface area (Å²) in [4.78, 5) is 58.6. The highest BCUT2D eigenvalue weighted by molar-refractivity contribution is 6.42. The van der Waals surface area contributed by atoms with Gasteiger partial charge in [-0.1, -0.05) is 29.3 Å². The molecule has 0 aliphatic heterocycles. The molecule has 2 saturated carbocycles. The first-order valence-corrected chi connectivity index (χ1v) is 15.2. The van der Waals surface area contributed by atoms with E-state index >= 15 is 0 Å².